The van der Waals surface area contributed by atoms with Crippen LogP contribution >= 0.6 is 0 Å². The number of carbonyl (C=O) groups excluding carboxylic acids is 4. The molecule has 5 atom stereocenters. The second kappa shape index (κ2) is 11.3. The van der Waals surface area contributed by atoms with Crippen LogP contribution in [0, 0.1) is 0 Å². The van der Waals surface area contributed by atoms with E-state index in [1.165, 1.54) is 13.2 Å². The third-order valence-electron chi connectivity index (χ3n) is 4.00. The van der Waals surface area contributed by atoms with Gasteiger partial charge >= 0.3 is 23.9 Å². The molecule has 0 spiro atoms. The highest BCUT2D eigenvalue weighted by atomic mass is 16.7. The summed E-state index contributed by atoms with van der Waals surface area (Å²) in [4.78, 5) is 46.3. The smallest absolute Gasteiger partial charge is 0.303 e. The highest BCUT2D eigenvalue weighted by molar-refractivity contribution is 5.68. The lowest BCUT2D eigenvalue weighted by molar-refractivity contribution is -0.297. The van der Waals surface area contributed by atoms with Crippen molar-refractivity contribution in [3.8, 4) is 0 Å². The average molecular weight is 428 g/mol. The molecule has 0 aromatic heterocycles. The minimum absolute atomic E-state index is 0.319. The molecule has 0 unspecified atom stereocenters. The minimum atomic E-state index is -1.27. The molecule has 1 fully saturated rings. The van der Waals surface area contributed by atoms with Crippen molar-refractivity contribution in [3.63, 3.8) is 0 Å². The Hall–Kier alpha value is -2.88. The molecule has 30 heavy (non-hydrogen) atoms. The summed E-state index contributed by atoms with van der Waals surface area (Å²) in [6, 6.07) is 0. The van der Waals surface area contributed by atoms with E-state index in [9.17, 15) is 19.2 Å². The Bertz CT molecular complexity index is 710. The molecule has 0 bridgehead atoms. The van der Waals surface area contributed by atoms with Crippen molar-refractivity contribution in [1.29, 1.82) is 0 Å². The van der Waals surface area contributed by atoms with Crippen molar-refractivity contribution in [2.75, 3.05) is 6.61 Å². The highest BCUT2D eigenvalue weighted by Crippen LogP contribution is 2.30. The first-order chi connectivity index (χ1) is 13.9. The average Bonchev–Trinajstić information content (AvgIpc) is 2.60. The predicted octanol–water partition coefficient (Wildman–Crippen LogP) is 1.57. The number of allylic oxidation sites excluding steroid dienone is 2. The molecule has 0 saturated carbocycles. The Labute approximate surface area is 175 Å². The second-order valence-electron chi connectivity index (χ2n) is 6.78. The van der Waals surface area contributed by atoms with Crippen molar-refractivity contribution >= 4 is 23.9 Å². The largest absolute Gasteiger partial charge is 0.468 e. The summed E-state index contributed by atoms with van der Waals surface area (Å²) in [6.45, 7) is 11.6. The standard InChI is InChI=1S/C20H28O10/c1-10(2)11(3)8-26-20-19(29-15(7)24)18(28-14(6)23)17(27-13(5)22)16(30-20)9-25-12(4)21/h8,16-20H,1,9H2,2-7H3/b11-8+/t16-,17-,18+,19-,20-/m1/s1. The lowest BCUT2D eigenvalue weighted by Crippen LogP contribution is -2.62. The molecule has 0 aromatic carbocycles. The van der Waals surface area contributed by atoms with Gasteiger partial charge in [0, 0.05) is 27.7 Å². The summed E-state index contributed by atoms with van der Waals surface area (Å²) in [7, 11) is 0. The molecule has 0 aromatic rings. The van der Waals surface area contributed by atoms with Crippen molar-refractivity contribution in [2.45, 2.75) is 72.2 Å². The van der Waals surface area contributed by atoms with Crippen LogP contribution < -0.4 is 0 Å². The number of esters is 4. The lowest BCUT2D eigenvalue weighted by Gasteiger charge is -2.43. The molecule has 1 heterocycles. The molecule has 1 saturated heterocycles. The zero-order valence-electron chi connectivity index (χ0n) is 18.0. The molecule has 0 aliphatic carbocycles. The van der Waals surface area contributed by atoms with Gasteiger partial charge in [0.2, 0.25) is 12.4 Å². The fourth-order valence-electron chi connectivity index (χ4n) is 2.57. The first kappa shape index (κ1) is 25.2. The number of hydrogen-bond acceptors (Lipinski definition) is 10. The van der Waals surface area contributed by atoms with E-state index in [4.69, 9.17) is 28.4 Å². The van der Waals surface area contributed by atoms with Gasteiger partial charge < -0.3 is 28.4 Å². The van der Waals surface area contributed by atoms with Gasteiger partial charge in [-0.1, -0.05) is 12.2 Å². The maximum absolute atomic E-state index is 11.7. The van der Waals surface area contributed by atoms with Crippen LogP contribution in [0.2, 0.25) is 0 Å². The summed E-state index contributed by atoms with van der Waals surface area (Å²) in [6.07, 6.45) is -4.71. The van der Waals surface area contributed by atoms with E-state index in [0.29, 0.717) is 5.57 Å². The number of ether oxygens (including phenoxy) is 6. The molecular formula is C20H28O10. The first-order valence-corrected chi connectivity index (χ1v) is 9.21. The zero-order chi connectivity index (χ0) is 23.0. The van der Waals surface area contributed by atoms with Crippen LogP contribution in [0.25, 0.3) is 0 Å². The normalized spacial score (nSPS) is 26.2. The maximum Gasteiger partial charge on any atom is 0.303 e. The van der Waals surface area contributed by atoms with E-state index in [-0.39, 0.29) is 6.61 Å². The second-order valence-corrected chi connectivity index (χ2v) is 6.78. The predicted molar refractivity (Wildman–Crippen MR) is 102 cm³/mol. The Kier molecular flexibility index (Phi) is 9.51. The van der Waals surface area contributed by atoms with Crippen molar-refractivity contribution in [1.82, 2.24) is 0 Å². The fourth-order valence-corrected chi connectivity index (χ4v) is 2.57. The summed E-state index contributed by atoms with van der Waals surface area (Å²) in [5.74, 6) is -2.71. The molecular weight excluding hydrogens is 400 g/mol. The third-order valence-corrected chi connectivity index (χ3v) is 4.00. The zero-order valence-corrected chi connectivity index (χ0v) is 18.0. The molecule has 0 radical (unpaired) electrons. The molecule has 1 aliphatic rings. The summed E-state index contributed by atoms with van der Waals surface area (Å²) >= 11 is 0. The van der Waals surface area contributed by atoms with E-state index in [1.807, 2.05) is 0 Å². The van der Waals surface area contributed by atoms with Crippen LogP contribution in [0.5, 0.6) is 0 Å². The Morgan fingerprint density at radius 3 is 1.77 bits per heavy atom. The van der Waals surface area contributed by atoms with Crippen LogP contribution in [0.4, 0.5) is 0 Å². The number of carbonyl (C=O) groups is 4. The molecule has 1 aliphatic heterocycles. The Balaban J connectivity index is 3.35. The minimum Gasteiger partial charge on any atom is -0.468 e. The number of rotatable bonds is 8. The van der Waals surface area contributed by atoms with Gasteiger partial charge in [-0.3, -0.25) is 19.2 Å². The van der Waals surface area contributed by atoms with Gasteiger partial charge in [-0.2, -0.15) is 0 Å². The molecule has 0 N–H and O–H groups in total. The topological polar surface area (TPSA) is 124 Å². The highest BCUT2D eigenvalue weighted by Gasteiger charge is 2.53. The van der Waals surface area contributed by atoms with Gasteiger partial charge in [-0.15, -0.1) is 0 Å². The molecule has 10 nitrogen and oxygen atoms in total. The Morgan fingerprint density at radius 2 is 1.30 bits per heavy atom. The van der Waals surface area contributed by atoms with E-state index in [2.05, 4.69) is 6.58 Å². The van der Waals surface area contributed by atoms with Gasteiger partial charge in [0.1, 0.15) is 12.7 Å². The van der Waals surface area contributed by atoms with Gasteiger partial charge in [0.05, 0.1) is 6.26 Å². The first-order valence-electron chi connectivity index (χ1n) is 9.21. The van der Waals surface area contributed by atoms with E-state index in [1.54, 1.807) is 13.8 Å². The van der Waals surface area contributed by atoms with E-state index < -0.39 is 54.6 Å². The summed E-state index contributed by atoms with van der Waals surface area (Å²) < 4.78 is 32.3. The van der Waals surface area contributed by atoms with Gasteiger partial charge in [0.15, 0.2) is 12.2 Å². The van der Waals surface area contributed by atoms with Crippen molar-refractivity contribution < 1.29 is 47.6 Å². The van der Waals surface area contributed by atoms with Crippen LogP contribution in [-0.4, -0.2) is 61.2 Å². The van der Waals surface area contributed by atoms with Crippen LogP contribution in [0.3, 0.4) is 0 Å². The quantitative estimate of drug-likeness (QED) is 0.243. The third kappa shape index (κ3) is 7.86. The molecule has 1 rings (SSSR count). The van der Waals surface area contributed by atoms with Crippen molar-refractivity contribution in [3.05, 3.63) is 24.0 Å². The van der Waals surface area contributed by atoms with E-state index in [0.717, 1.165) is 26.3 Å². The van der Waals surface area contributed by atoms with E-state index >= 15 is 0 Å². The van der Waals surface area contributed by atoms with Crippen molar-refractivity contribution in [2.24, 2.45) is 0 Å². The maximum atomic E-state index is 11.7. The Morgan fingerprint density at radius 1 is 0.800 bits per heavy atom. The van der Waals surface area contributed by atoms with Crippen LogP contribution in [-0.2, 0) is 47.6 Å². The molecule has 10 heteroatoms. The van der Waals surface area contributed by atoms with Gasteiger partial charge in [0.25, 0.3) is 0 Å². The summed E-state index contributed by atoms with van der Waals surface area (Å²) in [5.41, 5.74) is 1.41. The molecule has 0 amide bonds. The van der Waals surface area contributed by atoms with Crippen LogP contribution in [0.1, 0.15) is 41.5 Å². The molecule has 168 valence electrons. The number of hydrogen-bond donors (Lipinski definition) is 0. The SMILES string of the molecule is C=C(C)/C(C)=C/O[C@@H]1O[C@H](COC(C)=O)[C@@H](OC(C)=O)[C@H](OC(C)=O)[C@H]1OC(C)=O. The summed E-state index contributed by atoms with van der Waals surface area (Å²) in [5, 5.41) is 0. The fraction of sp³-hybridized carbons (Fsp3) is 0.600. The van der Waals surface area contributed by atoms with Gasteiger partial charge in [-0.05, 0) is 19.4 Å². The monoisotopic (exact) mass is 428 g/mol. The lowest BCUT2D eigenvalue weighted by atomic mass is 9.98. The van der Waals surface area contributed by atoms with Crippen LogP contribution in [0.15, 0.2) is 24.0 Å². The van der Waals surface area contributed by atoms with Gasteiger partial charge in [-0.25, -0.2) is 0 Å².